The van der Waals surface area contributed by atoms with Crippen LogP contribution in [-0.4, -0.2) is 4.75 Å². The first-order chi connectivity index (χ1) is 5.36. The zero-order valence-electron chi connectivity index (χ0n) is 5.77. The summed E-state index contributed by atoms with van der Waals surface area (Å²) < 4.78 is 3.97. The molecule has 0 bridgehead atoms. The molecule has 0 spiro atoms. The van der Waals surface area contributed by atoms with Crippen molar-refractivity contribution in [2.24, 2.45) is 0 Å². The van der Waals surface area contributed by atoms with Gasteiger partial charge in [-0.3, -0.25) is 0 Å². The molecule has 0 radical (unpaired) electrons. The van der Waals surface area contributed by atoms with E-state index in [9.17, 15) is 4.89 Å². The average molecular weight is 163 g/mol. The molecule has 0 aliphatic carbocycles. The normalized spacial score (nSPS) is 11.9. The van der Waals surface area contributed by atoms with Gasteiger partial charge in [0, 0.05) is 5.39 Å². The van der Waals surface area contributed by atoms with Crippen LogP contribution in [0.4, 0.5) is 0 Å². The lowest BCUT2D eigenvalue weighted by molar-refractivity contribution is -0.152. The van der Waals surface area contributed by atoms with E-state index in [1.54, 1.807) is 5.80 Å². The summed E-state index contributed by atoms with van der Waals surface area (Å²) in [6.07, 6.45) is 0. The van der Waals surface area contributed by atoms with Gasteiger partial charge in [-0.2, -0.15) is 0 Å². The van der Waals surface area contributed by atoms with Gasteiger partial charge in [-0.05, 0) is 12.1 Å². The summed E-state index contributed by atoms with van der Waals surface area (Å²) >= 11 is 0. The molecule has 2 rings (SSSR count). The fourth-order valence-electron chi connectivity index (χ4n) is 1.00. The number of rotatable bonds is 0. The third-order valence-electron chi connectivity index (χ3n) is 1.52. The maximum absolute atomic E-state index is 10.9. The number of aromatic nitrogens is 1. The van der Waals surface area contributed by atoms with E-state index in [0.29, 0.717) is 0 Å². The molecule has 3 heteroatoms. The largest absolute Gasteiger partial charge is 0.608 e. The Kier molecular flexibility index (Phi) is 1.57. The summed E-state index contributed by atoms with van der Waals surface area (Å²) in [4.78, 5) is 10.9. The molecule has 1 heterocycles. The van der Waals surface area contributed by atoms with Crippen molar-refractivity contribution in [1.82, 2.24) is 4.75 Å². The van der Waals surface area contributed by atoms with E-state index in [4.69, 9.17) is 0 Å². The lowest BCUT2D eigenvalue weighted by atomic mass is 10.2. The first-order valence-corrected chi connectivity index (χ1v) is 4.60. The van der Waals surface area contributed by atoms with E-state index >= 15 is 0 Å². The standard InChI is InChI=1S/C8H6NOP/c10-11-6-5-7-3-1-2-4-8(7)9-11/h1-6H. The highest BCUT2D eigenvalue weighted by Crippen LogP contribution is 2.18. The van der Waals surface area contributed by atoms with E-state index in [-0.39, 0.29) is 0 Å². The minimum Gasteiger partial charge on any atom is -0.608 e. The lowest BCUT2D eigenvalue weighted by Crippen LogP contribution is -1.86. The maximum atomic E-state index is 10.9. The van der Waals surface area contributed by atoms with E-state index in [2.05, 4.69) is 4.75 Å². The molecule has 1 unspecified atom stereocenters. The molecule has 0 saturated heterocycles. The van der Waals surface area contributed by atoms with Crippen LogP contribution in [0, 0.1) is 0 Å². The zero-order valence-corrected chi connectivity index (χ0v) is 6.66. The van der Waals surface area contributed by atoms with Crippen molar-refractivity contribution < 1.29 is 4.89 Å². The van der Waals surface area contributed by atoms with Crippen LogP contribution in [0.5, 0.6) is 0 Å². The Morgan fingerprint density at radius 3 is 2.91 bits per heavy atom. The summed E-state index contributed by atoms with van der Waals surface area (Å²) in [6.45, 7) is 0. The first kappa shape index (κ1) is 6.71. The molecule has 2 aromatic rings. The van der Waals surface area contributed by atoms with Gasteiger partial charge in [0.2, 0.25) is 7.92 Å². The van der Waals surface area contributed by atoms with Crippen LogP contribution in [0.2, 0.25) is 0 Å². The highest BCUT2D eigenvalue weighted by molar-refractivity contribution is 7.37. The minimum absolute atomic E-state index is 0.830. The minimum atomic E-state index is -1.48. The van der Waals surface area contributed by atoms with Crippen molar-refractivity contribution >= 4 is 18.8 Å². The Balaban J connectivity index is 2.83. The highest BCUT2D eigenvalue weighted by Gasteiger charge is 1.96. The second-order valence-electron chi connectivity index (χ2n) is 2.28. The number of hydrogen-bond donors (Lipinski definition) is 0. The van der Waals surface area contributed by atoms with Crippen LogP contribution in [-0.2, 0) is 0 Å². The SMILES string of the molecule is [O-][p+]1ccc2ccccc2n1. The summed E-state index contributed by atoms with van der Waals surface area (Å²) in [5.74, 6) is 1.62. The molecule has 2 nitrogen and oxygen atoms in total. The third-order valence-corrected chi connectivity index (χ3v) is 2.34. The summed E-state index contributed by atoms with van der Waals surface area (Å²) in [5.41, 5.74) is 0.830. The third kappa shape index (κ3) is 1.23. The number of nitrogens with zero attached hydrogens (tertiary/aromatic N) is 1. The molecule has 0 amide bonds. The summed E-state index contributed by atoms with van der Waals surface area (Å²) in [5, 5.41) is 1.04. The quantitative estimate of drug-likeness (QED) is 0.591. The van der Waals surface area contributed by atoms with Crippen molar-refractivity contribution in [3.05, 3.63) is 36.1 Å². The Labute approximate surface area is 65.4 Å². The molecule has 1 atom stereocenters. The van der Waals surface area contributed by atoms with E-state index in [0.717, 1.165) is 10.9 Å². The van der Waals surface area contributed by atoms with Gasteiger partial charge in [0.15, 0.2) is 0 Å². The Morgan fingerprint density at radius 2 is 2.00 bits per heavy atom. The van der Waals surface area contributed by atoms with Crippen molar-refractivity contribution in [1.29, 1.82) is 0 Å². The van der Waals surface area contributed by atoms with Crippen LogP contribution in [0.25, 0.3) is 10.9 Å². The number of benzene rings is 1. The Morgan fingerprint density at radius 1 is 1.18 bits per heavy atom. The lowest BCUT2D eigenvalue weighted by Gasteiger charge is -1.92. The van der Waals surface area contributed by atoms with Gasteiger partial charge < -0.3 is 4.89 Å². The van der Waals surface area contributed by atoms with Gasteiger partial charge in [0.25, 0.3) is 0 Å². The molecule has 0 saturated carbocycles. The predicted octanol–water partition coefficient (Wildman–Crippen LogP) is 1.63. The maximum Gasteiger partial charge on any atom is 0.201 e. The van der Waals surface area contributed by atoms with Gasteiger partial charge in [-0.25, -0.2) is 0 Å². The second-order valence-corrected chi connectivity index (χ2v) is 3.38. The van der Waals surface area contributed by atoms with Crippen molar-refractivity contribution in [3.63, 3.8) is 0 Å². The van der Waals surface area contributed by atoms with Crippen LogP contribution < -0.4 is 4.89 Å². The fourth-order valence-corrected chi connectivity index (χ4v) is 1.75. The summed E-state index contributed by atoms with van der Waals surface area (Å²) in [6, 6.07) is 9.51. The predicted molar refractivity (Wildman–Crippen MR) is 44.3 cm³/mol. The van der Waals surface area contributed by atoms with Gasteiger partial charge in [-0.15, -0.1) is 0 Å². The van der Waals surface area contributed by atoms with Crippen LogP contribution in [0.1, 0.15) is 0 Å². The average Bonchev–Trinajstić information content (AvgIpc) is 2.04. The van der Waals surface area contributed by atoms with Gasteiger partial charge in [0.1, 0.15) is 11.3 Å². The highest BCUT2D eigenvalue weighted by atomic mass is 31.1. The Bertz CT molecular complexity index is 389. The van der Waals surface area contributed by atoms with Gasteiger partial charge >= 0.3 is 0 Å². The first-order valence-electron chi connectivity index (χ1n) is 3.31. The van der Waals surface area contributed by atoms with Crippen molar-refractivity contribution in [3.8, 4) is 0 Å². The van der Waals surface area contributed by atoms with Gasteiger partial charge in [-0.1, -0.05) is 22.9 Å². The van der Waals surface area contributed by atoms with E-state index in [1.165, 1.54) is 0 Å². The van der Waals surface area contributed by atoms with Crippen molar-refractivity contribution in [2.75, 3.05) is 0 Å². The fraction of sp³-hybridized carbons (Fsp3) is 0. The van der Waals surface area contributed by atoms with Crippen LogP contribution in [0.3, 0.4) is 0 Å². The molecule has 0 aliphatic heterocycles. The molecule has 1 aromatic heterocycles. The summed E-state index contributed by atoms with van der Waals surface area (Å²) in [7, 11) is -1.48. The van der Waals surface area contributed by atoms with E-state index < -0.39 is 7.92 Å². The topological polar surface area (TPSA) is 36.0 Å². The Hall–Kier alpha value is -0.980. The van der Waals surface area contributed by atoms with Crippen LogP contribution >= 0.6 is 7.92 Å². The zero-order chi connectivity index (χ0) is 7.68. The molecule has 11 heavy (non-hydrogen) atoms. The molecular weight excluding hydrogens is 157 g/mol. The van der Waals surface area contributed by atoms with Crippen molar-refractivity contribution in [2.45, 2.75) is 0 Å². The molecule has 54 valence electrons. The number of hydrogen-bond acceptors (Lipinski definition) is 2. The molecule has 0 fully saturated rings. The molecule has 1 aromatic carbocycles. The van der Waals surface area contributed by atoms with Gasteiger partial charge in [0.05, 0.1) is 0 Å². The second kappa shape index (κ2) is 2.57. The van der Waals surface area contributed by atoms with Crippen LogP contribution in [0.15, 0.2) is 36.1 Å². The smallest absolute Gasteiger partial charge is 0.201 e. The monoisotopic (exact) mass is 163 g/mol. The molecular formula is C8H6NOP. The number of fused-ring (bicyclic) bond motifs is 1. The molecule has 0 N–H and O–H groups in total. The molecule has 0 aliphatic rings. The van der Waals surface area contributed by atoms with E-state index in [1.807, 2.05) is 30.3 Å².